The lowest BCUT2D eigenvalue weighted by atomic mass is 9.99. The first-order chi connectivity index (χ1) is 15.7. The van der Waals surface area contributed by atoms with E-state index in [9.17, 15) is 9.59 Å². The van der Waals surface area contributed by atoms with E-state index in [0.29, 0.717) is 19.6 Å². The molecule has 0 spiro atoms. The van der Waals surface area contributed by atoms with Crippen LogP contribution in [-0.4, -0.2) is 61.0 Å². The van der Waals surface area contributed by atoms with Crippen LogP contribution >= 0.6 is 11.3 Å². The van der Waals surface area contributed by atoms with Gasteiger partial charge >= 0.3 is 6.03 Å². The smallest absolute Gasteiger partial charge is 0.315 e. The molecule has 166 valence electrons. The molecule has 3 amide bonds. The maximum atomic E-state index is 12.6. The molecule has 0 atom stereocenters. The highest BCUT2D eigenvalue weighted by molar-refractivity contribution is 7.08. The number of benzene rings is 2. The van der Waals surface area contributed by atoms with Gasteiger partial charge in [0.05, 0.1) is 11.6 Å². The third kappa shape index (κ3) is 5.75. The van der Waals surface area contributed by atoms with E-state index in [-0.39, 0.29) is 18.0 Å². The van der Waals surface area contributed by atoms with Crippen LogP contribution in [0.15, 0.2) is 77.5 Å². The van der Waals surface area contributed by atoms with Gasteiger partial charge in [-0.3, -0.25) is 9.69 Å². The zero-order valence-corrected chi connectivity index (χ0v) is 18.8. The first-order valence-electron chi connectivity index (χ1n) is 10.9. The van der Waals surface area contributed by atoms with Crippen LogP contribution in [0.2, 0.25) is 0 Å². The van der Waals surface area contributed by atoms with Gasteiger partial charge in [0.25, 0.3) is 5.91 Å². The molecule has 1 saturated heterocycles. The number of hydrogen-bond donors (Lipinski definition) is 2. The molecule has 1 aliphatic heterocycles. The third-order valence-corrected chi connectivity index (χ3v) is 6.37. The standard InChI is InChI=1S/C25H28N4O2S/c30-24(22-11-18-32-19-22)29-16-14-28(15-17-29)13-12-26-25(31)27-23(20-7-3-1-4-8-20)21-9-5-2-6-10-21/h1-11,18-19,23H,12-17H2,(H2,26,27,31). The van der Waals surface area contributed by atoms with Gasteiger partial charge in [0, 0.05) is 44.6 Å². The van der Waals surface area contributed by atoms with Gasteiger partial charge < -0.3 is 15.5 Å². The Morgan fingerprint density at radius 1 is 0.875 bits per heavy atom. The monoisotopic (exact) mass is 448 g/mol. The lowest BCUT2D eigenvalue weighted by Gasteiger charge is -2.34. The van der Waals surface area contributed by atoms with Crippen LogP contribution in [0.1, 0.15) is 27.5 Å². The van der Waals surface area contributed by atoms with E-state index in [2.05, 4.69) is 15.5 Å². The van der Waals surface area contributed by atoms with E-state index >= 15 is 0 Å². The average molecular weight is 449 g/mol. The molecular formula is C25H28N4O2S. The van der Waals surface area contributed by atoms with E-state index in [1.54, 1.807) is 11.3 Å². The Bertz CT molecular complexity index is 948. The minimum atomic E-state index is -0.205. The quantitative estimate of drug-likeness (QED) is 0.581. The number of nitrogens with one attached hydrogen (secondary N) is 2. The molecule has 0 unspecified atom stereocenters. The maximum absolute atomic E-state index is 12.6. The number of carbonyl (C=O) groups excluding carboxylic acids is 2. The summed E-state index contributed by atoms with van der Waals surface area (Å²) >= 11 is 1.54. The maximum Gasteiger partial charge on any atom is 0.315 e. The topological polar surface area (TPSA) is 64.7 Å². The van der Waals surface area contributed by atoms with Gasteiger partial charge in [-0.05, 0) is 22.6 Å². The summed E-state index contributed by atoms with van der Waals surface area (Å²) in [5.74, 6) is 0.108. The Labute approximate surface area is 192 Å². The minimum absolute atomic E-state index is 0.108. The van der Waals surface area contributed by atoms with Crippen LogP contribution in [0.5, 0.6) is 0 Å². The Morgan fingerprint density at radius 2 is 1.50 bits per heavy atom. The van der Waals surface area contributed by atoms with Crippen LogP contribution in [0.3, 0.4) is 0 Å². The van der Waals surface area contributed by atoms with E-state index in [0.717, 1.165) is 36.3 Å². The van der Waals surface area contributed by atoms with Crippen LogP contribution in [0.25, 0.3) is 0 Å². The Balaban J connectivity index is 1.24. The molecule has 0 aliphatic carbocycles. The fourth-order valence-corrected chi connectivity index (χ4v) is 4.53. The largest absolute Gasteiger partial charge is 0.337 e. The minimum Gasteiger partial charge on any atom is -0.337 e. The Hall–Kier alpha value is -3.16. The Kier molecular flexibility index (Phi) is 7.53. The van der Waals surface area contributed by atoms with Crippen molar-refractivity contribution in [2.75, 3.05) is 39.3 Å². The zero-order chi connectivity index (χ0) is 22.2. The lowest BCUT2D eigenvalue weighted by molar-refractivity contribution is 0.0640. The summed E-state index contributed by atoms with van der Waals surface area (Å²) in [6.45, 7) is 4.37. The summed E-state index contributed by atoms with van der Waals surface area (Å²) in [5, 5.41) is 9.92. The molecule has 32 heavy (non-hydrogen) atoms. The van der Waals surface area contributed by atoms with Gasteiger partial charge in [0.2, 0.25) is 0 Å². The first-order valence-corrected chi connectivity index (χ1v) is 11.8. The molecular weight excluding hydrogens is 420 g/mol. The van der Waals surface area contributed by atoms with Crippen LogP contribution in [-0.2, 0) is 0 Å². The summed E-state index contributed by atoms with van der Waals surface area (Å²) in [4.78, 5) is 29.3. The third-order valence-electron chi connectivity index (χ3n) is 5.68. The highest BCUT2D eigenvalue weighted by Crippen LogP contribution is 2.21. The molecule has 1 fully saturated rings. The van der Waals surface area contributed by atoms with Crippen molar-refractivity contribution in [2.24, 2.45) is 0 Å². The second kappa shape index (κ2) is 10.9. The van der Waals surface area contributed by atoms with Gasteiger partial charge in [-0.2, -0.15) is 11.3 Å². The first kappa shape index (κ1) is 22.0. The summed E-state index contributed by atoms with van der Waals surface area (Å²) in [6, 6.07) is 21.4. The molecule has 2 heterocycles. The SMILES string of the molecule is O=C(NCCN1CCN(C(=O)c2ccsc2)CC1)NC(c1ccccc1)c1ccccc1. The van der Waals surface area contributed by atoms with Crippen molar-refractivity contribution in [3.8, 4) is 0 Å². The number of amides is 3. The number of urea groups is 1. The molecule has 2 aromatic carbocycles. The van der Waals surface area contributed by atoms with Gasteiger partial charge in [-0.25, -0.2) is 4.79 Å². The van der Waals surface area contributed by atoms with E-state index < -0.39 is 0 Å². The molecule has 0 bridgehead atoms. The summed E-state index contributed by atoms with van der Waals surface area (Å²) < 4.78 is 0. The zero-order valence-electron chi connectivity index (χ0n) is 17.9. The molecule has 7 heteroatoms. The lowest BCUT2D eigenvalue weighted by Crippen LogP contribution is -2.50. The van der Waals surface area contributed by atoms with E-state index in [1.807, 2.05) is 82.4 Å². The van der Waals surface area contributed by atoms with Crippen molar-refractivity contribution < 1.29 is 9.59 Å². The number of carbonyl (C=O) groups is 2. The van der Waals surface area contributed by atoms with Gasteiger partial charge in [0.15, 0.2) is 0 Å². The number of hydrogen-bond acceptors (Lipinski definition) is 4. The fraction of sp³-hybridized carbons (Fsp3) is 0.280. The summed E-state index contributed by atoms with van der Waals surface area (Å²) in [7, 11) is 0. The molecule has 0 saturated carbocycles. The van der Waals surface area contributed by atoms with Crippen LogP contribution in [0.4, 0.5) is 4.79 Å². The summed E-state index contributed by atoms with van der Waals surface area (Å²) in [6.07, 6.45) is 0. The number of rotatable bonds is 7. The predicted octanol–water partition coefficient (Wildman–Crippen LogP) is 3.59. The number of piperazine rings is 1. The van der Waals surface area contributed by atoms with Crippen molar-refractivity contribution in [1.82, 2.24) is 20.4 Å². The highest BCUT2D eigenvalue weighted by Gasteiger charge is 2.22. The molecule has 6 nitrogen and oxygen atoms in total. The number of nitrogens with zero attached hydrogens (tertiary/aromatic N) is 2. The second-order valence-corrected chi connectivity index (χ2v) is 8.58. The molecule has 1 aromatic heterocycles. The van der Waals surface area contributed by atoms with Gasteiger partial charge in [-0.1, -0.05) is 60.7 Å². The fourth-order valence-electron chi connectivity index (χ4n) is 3.90. The highest BCUT2D eigenvalue weighted by atomic mass is 32.1. The van der Waals surface area contributed by atoms with Crippen LogP contribution in [0, 0.1) is 0 Å². The van der Waals surface area contributed by atoms with Crippen molar-refractivity contribution in [3.63, 3.8) is 0 Å². The van der Waals surface area contributed by atoms with Crippen LogP contribution < -0.4 is 10.6 Å². The molecule has 4 rings (SSSR count). The average Bonchev–Trinajstić information content (AvgIpc) is 3.39. The Morgan fingerprint density at radius 3 is 2.06 bits per heavy atom. The normalized spacial score (nSPS) is 14.3. The van der Waals surface area contributed by atoms with Crippen molar-refractivity contribution in [2.45, 2.75) is 6.04 Å². The van der Waals surface area contributed by atoms with Gasteiger partial charge in [0.1, 0.15) is 0 Å². The van der Waals surface area contributed by atoms with Crippen molar-refractivity contribution in [1.29, 1.82) is 0 Å². The van der Waals surface area contributed by atoms with E-state index in [1.165, 1.54) is 0 Å². The van der Waals surface area contributed by atoms with Crippen molar-refractivity contribution in [3.05, 3.63) is 94.2 Å². The predicted molar refractivity (Wildman–Crippen MR) is 128 cm³/mol. The molecule has 1 aliphatic rings. The van der Waals surface area contributed by atoms with E-state index in [4.69, 9.17) is 0 Å². The molecule has 0 radical (unpaired) electrons. The second-order valence-electron chi connectivity index (χ2n) is 7.80. The van der Waals surface area contributed by atoms with Gasteiger partial charge in [-0.15, -0.1) is 0 Å². The molecule has 3 aromatic rings. The van der Waals surface area contributed by atoms with Crippen molar-refractivity contribution >= 4 is 23.3 Å². The number of thiophene rings is 1. The molecule has 2 N–H and O–H groups in total. The summed E-state index contributed by atoms with van der Waals surface area (Å²) in [5.41, 5.74) is 2.86.